The fourth-order valence-corrected chi connectivity index (χ4v) is 1.87. The first-order valence-electron chi connectivity index (χ1n) is 4.96. The average molecular weight is 195 g/mol. The van der Waals surface area contributed by atoms with Crippen molar-refractivity contribution in [2.45, 2.75) is 31.4 Å². The van der Waals surface area contributed by atoms with Gasteiger partial charge >= 0.3 is 0 Å². The van der Waals surface area contributed by atoms with Crippen LogP contribution in [0.15, 0.2) is 24.3 Å². The summed E-state index contributed by atoms with van der Waals surface area (Å²) in [4.78, 5) is 0. The number of anilines is 1. The molecule has 1 aliphatic carbocycles. The Morgan fingerprint density at radius 1 is 1.21 bits per heavy atom. The highest BCUT2D eigenvalue weighted by Gasteiger charge is 2.24. The lowest BCUT2D eigenvalue weighted by atomic mass is 10.2. The molecule has 0 aromatic heterocycles. The maximum absolute atomic E-state index is 12.6. The van der Waals surface area contributed by atoms with Crippen molar-refractivity contribution >= 4 is 5.69 Å². The van der Waals surface area contributed by atoms with Gasteiger partial charge in [-0.15, -0.1) is 0 Å². The van der Waals surface area contributed by atoms with Crippen molar-refractivity contribution < 1.29 is 9.50 Å². The Bertz CT molecular complexity index is 299. The molecule has 76 valence electrons. The number of rotatable bonds is 2. The predicted molar refractivity (Wildman–Crippen MR) is 53.7 cm³/mol. The van der Waals surface area contributed by atoms with Crippen molar-refractivity contribution in [3.63, 3.8) is 0 Å². The summed E-state index contributed by atoms with van der Waals surface area (Å²) in [5, 5.41) is 12.8. The maximum Gasteiger partial charge on any atom is 0.123 e. The fraction of sp³-hybridized carbons (Fsp3) is 0.455. The van der Waals surface area contributed by atoms with Crippen LogP contribution in [0.1, 0.15) is 19.3 Å². The molecule has 2 atom stereocenters. The standard InChI is InChI=1S/C11H14FNO/c12-8-4-6-9(7-5-8)13-10-2-1-3-11(10)14/h4-7,10-11,13-14H,1-3H2. The van der Waals surface area contributed by atoms with E-state index in [2.05, 4.69) is 5.32 Å². The Labute approximate surface area is 82.8 Å². The molecule has 1 aliphatic rings. The Morgan fingerprint density at radius 3 is 2.50 bits per heavy atom. The van der Waals surface area contributed by atoms with E-state index < -0.39 is 0 Å². The molecule has 0 radical (unpaired) electrons. The summed E-state index contributed by atoms with van der Waals surface area (Å²) in [7, 11) is 0. The molecule has 2 N–H and O–H groups in total. The Morgan fingerprint density at radius 2 is 1.93 bits per heavy atom. The minimum Gasteiger partial charge on any atom is -0.391 e. The van der Waals surface area contributed by atoms with Gasteiger partial charge in [0.15, 0.2) is 0 Å². The van der Waals surface area contributed by atoms with Gasteiger partial charge in [-0.05, 0) is 43.5 Å². The zero-order chi connectivity index (χ0) is 9.97. The van der Waals surface area contributed by atoms with Crippen molar-refractivity contribution in [2.24, 2.45) is 0 Å². The number of hydrogen-bond acceptors (Lipinski definition) is 2. The number of aliphatic hydroxyl groups excluding tert-OH is 1. The highest BCUT2D eigenvalue weighted by atomic mass is 19.1. The summed E-state index contributed by atoms with van der Waals surface area (Å²) >= 11 is 0. The molecule has 0 aliphatic heterocycles. The summed E-state index contributed by atoms with van der Waals surface area (Å²) in [5.74, 6) is -0.234. The second-order valence-corrected chi connectivity index (χ2v) is 3.76. The average Bonchev–Trinajstić information content (AvgIpc) is 2.56. The monoisotopic (exact) mass is 195 g/mol. The van der Waals surface area contributed by atoms with Crippen LogP contribution < -0.4 is 5.32 Å². The topological polar surface area (TPSA) is 32.3 Å². The van der Waals surface area contributed by atoms with Crippen LogP contribution in [0.25, 0.3) is 0 Å². The van der Waals surface area contributed by atoms with E-state index >= 15 is 0 Å². The van der Waals surface area contributed by atoms with Gasteiger partial charge in [0.05, 0.1) is 12.1 Å². The van der Waals surface area contributed by atoms with Gasteiger partial charge in [-0.3, -0.25) is 0 Å². The number of hydrogen-bond donors (Lipinski definition) is 2. The van der Waals surface area contributed by atoms with Crippen LogP contribution >= 0.6 is 0 Å². The van der Waals surface area contributed by atoms with Crippen LogP contribution in [-0.4, -0.2) is 17.3 Å². The highest BCUT2D eigenvalue weighted by Crippen LogP contribution is 2.22. The third-order valence-electron chi connectivity index (χ3n) is 2.68. The third kappa shape index (κ3) is 2.04. The lowest BCUT2D eigenvalue weighted by Crippen LogP contribution is -2.27. The van der Waals surface area contributed by atoms with E-state index in [1.54, 1.807) is 12.1 Å². The quantitative estimate of drug-likeness (QED) is 0.757. The smallest absolute Gasteiger partial charge is 0.123 e. The van der Waals surface area contributed by atoms with E-state index in [1.165, 1.54) is 12.1 Å². The molecule has 1 fully saturated rings. The molecule has 1 aromatic rings. The molecule has 1 aromatic carbocycles. The van der Waals surface area contributed by atoms with Gasteiger partial charge in [0.25, 0.3) is 0 Å². The molecule has 2 unspecified atom stereocenters. The molecule has 1 saturated carbocycles. The number of aliphatic hydroxyl groups is 1. The SMILES string of the molecule is OC1CCCC1Nc1ccc(F)cc1. The molecular formula is C11H14FNO. The van der Waals surface area contributed by atoms with Crippen LogP contribution in [0, 0.1) is 5.82 Å². The fourth-order valence-electron chi connectivity index (χ4n) is 1.87. The first-order valence-corrected chi connectivity index (χ1v) is 4.96. The Balaban J connectivity index is 2.00. The van der Waals surface area contributed by atoms with Gasteiger partial charge in [0.1, 0.15) is 5.82 Å². The summed E-state index contributed by atoms with van der Waals surface area (Å²) in [6.45, 7) is 0. The van der Waals surface area contributed by atoms with Crippen molar-refractivity contribution in [3.8, 4) is 0 Å². The largest absolute Gasteiger partial charge is 0.391 e. The summed E-state index contributed by atoms with van der Waals surface area (Å²) < 4.78 is 12.6. The summed E-state index contributed by atoms with van der Waals surface area (Å²) in [6, 6.07) is 6.36. The minimum absolute atomic E-state index is 0.125. The maximum atomic E-state index is 12.6. The van der Waals surface area contributed by atoms with Gasteiger partial charge in [0, 0.05) is 5.69 Å². The molecule has 14 heavy (non-hydrogen) atoms. The second-order valence-electron chi connectivity index (χ2n) is 3.76. The van der Waals surface area contributed by atoms with Gasteiger partial charge in [-0.2, -0.15) is 0 Å². The number of halogens is 1. The molecule has 2 rings (SSSR count). The summed E-state index contributed by atoms with van der Waals surface area (Å²) in [5.41, 5.74) is 0.873. The van der Waals surface area contributed by atoms with Gasteiger partial charge in [0.2, 0.25) is 0 Å². The van der Waals surface area contributed by atoms with E-state index in [1.807, 2.05) is 0 Å². The summed E-state index contributed by atoms with van der Waals surface area (Å²) in [6.07, 6.45) is 2.64. The van der Waals surface area contributed by atoms with Crippen LogP contribution in [0.2, 0.25) is 0 Å². The lowest BCUT2D eigenvalue weighted by molar-refractivity contribution is 0.172. The molecule has 3 heteroatoms. The van der Waals surface area contributed by atoms with Gasteiger partial charge < -0.3 is 10.4 Å². The molecular weight excluding hydrogens is 181 g/mol. The lowest BCUT2D eigenvalue weighted by Gasteiger charge is -2.17. The van der Waals surface area contributed by atoms with Crippen molar-refractivity contribution in [1.82, 2.24) is 0 Å². The molecule has 0 saturated heterocycles. The van der Waals surface area contributed by atoms with Crippen molar-refractivity contribution in [1.29, 1.82) is 0 Å². The first-order chi connectivity index (χ1) is 6.75. The van der Waals surface area contributed by atoms with Crippen molar-refractivity contribution in [3.05, 3.63) is 30.1 Å². The molecule has 0 bridgehead atoms. The number of nitrogens with one attached hydrogen (secondary N) is 1. The van der Waals surface area contributed by atoms with Gasteiger partial charge in [-0.1, -0.05) is 0 Å². The van der Waals surface area contributed by atoms with E-state index in [-0.39, 0.29) is 18.0 Å². The number of benzene rings is 1. The van der Waals surface area contributed by atoms with Crippen LogP contribution in [0.5, 0.6) is 0 Å². The van der Waals surface area contributed by atoms with E-state index in [0.29, 0.717) is 0 Å². The van der Waals surface area contributed by atoms with E-state index in [4.69, 9.17) is 0 Å². The van der Waals surface area contributed by atoms with Crippen LogP contribution in [-0.2, 0) is 0 Å². The van der Waals surface area contributed by atoms with Gasteiger partial charge in [-0.25, -0.2) is 4.39 Å². The van der Waals surface area contributed by atoms with Crippen molar-refractivity contribution in [2.75, 3.05) is 5.32 Å². The zero-order valence-electron chi connectivity index (χ0n) is 7.91. The first kappa shape index (κ1) is 9.46. The van der Waals surface area contributed by atoms with Crippen LogP contribution in [0.4, 0.5) is 10.1 Å². The zero-order valence-corrected chi connectivity index (χ0v) is 7.91. The second kappa shape index (κ2) is 3.96. The normalized spacial score (nSPS) is 26.4. The third-order valence-corrected chi connectivity index (χ3v) is 2.68. The highest BCUT2D eigenvalue weighted by molar-refractivity contribution is 5.44. The van der Waals surface area contributed by atoms with E-state index in [9.17, 15) is 9.50 Å². The molecule has 0 heterocycles. The Kier molecular flexibility index (Phi) is 2.68. The minimum atomic E-state index is -0.264. The molecule has 0 amide bonds. The van der Waals surface area contributed by atoms with E-state index in [0.717, 1.165) is 24.9 Å². The molecule has 2 nitrogen and oxygen atoms in total. The van der Waals surface area contributed by atoms with Crippen LogP contribution in [0.3, 0.4) is 0 Å². The molecule has 0 spiro atoms. The Hall–Kier alpha value is -1.09. The predicted octanol–water partition coefficient (Wildman–Crippen LogP) is 2.15.